The van der Waals surface area contributed by atoms with Crippen molar-refractivity contribution in [2.45, 2.75) is 31.7 Å². The van der Waals surface area contributed by atoms with E-state index in [2.05, 4.69) is 27.4 Å². The zero-order valence-corrected chi connectivity index (χ0v) is 14.1. The highest BCUT2D eigenvalue weighted by Gasteiger charge is 2.34. The van der Waals surface area contributed by atoms with Crippen LogP contribution in [-0.2, 0) is 5.54 Å². The first-order valence-electron chi connectivity index (χ1n) is 8.51. The van der Waals surface area contributed by atoms with Crippen molar-refractivity contribution in [2.75, 3.05) is 6.54 Å². The Morgan fingerprint density at radius 3 is 2.72 bits per heavy atom. The fourth-order valence-corrected chi connectivity index (χ4v) is 2.99. The molecule has 128 valence electrons. The molecule has 0 spiro atoms. The van der Waals surface area contributed by atoms with Gasteiger partial charge in [-0.3, -0.25) is 0 Å². The Kier molecular flexibility index (Phi) is 4.19. The monoisotopic (exact) mass is 336 g/mol. The van der Waals surface area contributed by atoms with Crippen LogP contribution < -0.4 is 10.1 Å². The van der Waals surface area contributed by atoms with E-state index >= 15 is 0 Å². The largest absolute Gasteiger partial charge is 0.439 e. The van der Waals surface area contributed by atoms with Crippen molar-refractivity contribution in [3.05, 3.63) is 54.6 Å². The number of hydrogen-bond donors (Lipinski definition) is 1. The number of pyridine rings is 1. The predicted molar refractivity (Wildman–Crippen MR) is 93.3 cm³/mol. The number of nitrogens with zero attached hydrogens (tertiary/aromatic N) is 3. The Morgan fingerprint density at radius 2 is 2.00 bits per heavy atom. The molecule has 2 aromatic heterocycles. The van der Waals surface area contributed by atoms with Crippen molar-refractivity contribution in [1.29, 1.82) is 0 Å². The minimum Gasteiger partial charge on any atom is -0.439 e. The van der Waals surface area contributed by atoms with Crippen LogP contribution in [-0.4, -0.2) is 21.7 Å². The molecule has 0 amide bonds. The number of piperidine rings is 1. The molecule has 1 aromatic carbocycles. The second kappa shape index (κ2) is 6.64. The molecule has 1 atom stereocenters. The van der Waals surface area contributed by atoms with Gasteiger partial charge in [-0.25, -0.2) is 4.98 Å². The highest BCUT2D eigenvalue weighted by atomic mass is 16.5. The molecule has 0 radical (unpaired) electrons. The third kappa shape index (κ3) is 3.39. The van der Waals surface area contributed by atoms with Crippen molar-refractivity contribution in [3.8, 4) is 23.0 Å². The van der Waals surface area contributed by atoms with E-state index in [0.717, 1.165) is 30.7 Å². The van der Waals surface area contributed by atoms with Crippen LogP contribution in [0.4, 0.5) is 0 Å². The number of nitrogens with one attached hydrogen (secondary N) is 1. The molecule has 0 aliphatic carbocycles. The van der Waals surface area contributed by atoms with Gasteiger partial charge in [0, 0.05) is 17.8 Å². The smallest absolute Gasteiger partial charge is 0.246 e. The lowest BCUT2D eigenvalue weighted by molar-refractivity contribution is 0.207. The van der Waals surface area contributed by atoms with E-state index in [0.29, 0.717) is 17.6 Å². The zero-order valence-electron chi connectivity index (χ0n) is 14.1. The van der Waals surface area contributed by atoms with Crippen molar-refractivity contribution in [1.82, 2.24) is 20.4 Å². The van der Waals surface area contributed by atoms with E-state index in [1.54, 1.807) is 12.3 Å². The van der Waals surface area contributed by atoms with Gasteiger partial charge >= 0.3 is 0 Å². The van der Waals surface area contributed by atoms with Gasteiger partial charge in [-0.2, -0.15) is 4.98 Å². The van der Waals surface area contributed by atoms with E-state index in [1.165, 1.54) is 6.42 Å². The molecule has 3 aromatic rings. The van der Waals surface area contributed by atoms with Crippen molar-refractivity contribution < 1.29 is 9.26 Å². The van der Waals surface area contributed by atoms with Crippen molar-refractivity contribution in [2.24, 2.45) is 0 Å². The minimum absolute atomic E-state index is 0.243. The molecule has 3 heterocycles. The average Bonchev–Trinajstić information content (AvgIpc) is 3.15. The molecule has 6 heteroatoms. The maximum absolute atomic E-state index is 5.70. The predicted octanol–water partition coefficient (Wildman–Crippen LogP) is 3.91. The first-order chi connectivity index (χ1) is 12.2. The first-order valence-corrected chi connectivity index (χ1v) is 8.51. The van der Waals surface area contributed by atoms with E-state index < -0.39 is 0 Å². The van der Waals surface area contributed by atoms with Gasteiger partial charge in [0.25, 0.3) is 0 Å². The zero-order chi connectivity index (χ0) is 17.1. The summed E-state index contributed by atoms with van der Waals surface area (Å²) < 4.78 is 11.2. The maximum atomic E-state index is 5.70. The molecule has 1 saturated heterocycles. The fraction of sp³-hybridized carbons (Fsp3) is 0.316. The van der Waals surface area contributed by atoms with Crippen LogP contribution in [0.25, 0.3) is 11.4 Å². The lowest BCUT2D eigenvalue weighted by Crippen LogP contribution is -2.43. The van der Waals surface area contributed by atoms with Crippen LogP contribution in [0.2, 0.25) is 0 Å². The second-order valence-electron chi connectivity index (χ2n) is 6.44. The van der Waals surface area contributed by atoms with E-state index in [9.17, 15) is 0 Å². The van der Waals surface area contributed by atoms with Crippen LogP contribution in [0, 0.1) is 0 Å². The molecular formula is C19H20N4O2. The van der Waals surface area contributed by atoms with Gasteiger partial charge < -0.3 is 14.6 Å². The summed E-state index contributed by atoms with van der Waals surface area (Å²) in [6.45, 7) is 3.08. The number of benzene rings is 1. The SMILES string of the molecule is CC1(c2nc(-c3ccc(Oc4ccccc4)nc3)no2)CCCCN1. The van der Waals surface area contributed by atoms with Crippen LogP contribution in [0.1, 0.15) is 32.1 Å². The molecule has 25 heavy (non-hydrogen) atoms. The summed E-state index contributed by atoms with van der Waals surface area (Å²) in [6, 6.07) is 13.3. The third-order valence-electron chi connectivity index (χ3n) is 4.48. The molecule has 0 saturated carbocycles. The number of hydrogen-bond acceptors (Lipinski definition) is 6. The number of ether oxygens (including phenoxy) is 1. The number of aromatic nitrogens is 3. The molecule has 1 aliphatic rings. The standard InChI is InChI=1S/C19H20N4O2/c1-19(11-5-6-12-21-19)18-22-17(23-25-18)14-9-10-16(20-13-14)24-15-7-3-2-4-8-15/h2-4,7-10,13,21H,5-6,11-12H2,1H3. The summed E-state index contributed by atoms with van der Waals surface area (Å²) >= 11 is 0. The van der Waals surface area contributed by atoms with Gasteiger partial charge in [-0.15, -0.1) is 0 Å². The fourth-order valence-electron chi connectivity index (χ4n) is 2.99. The Morgan fingerprint density at radius 1 is 1.12 bits per heavy atom. The second-order valence-corrected chi connectivity index (χ2v) is 6.44. The molecule has 1 unspecified atom stereocenters. The lowest BCUT2D eigenvalue weighted by Gasteiger charge is -2.31. The van der Waals surface area contributed by atoms with Crippen molar-refractivity contribution in [3.63, 3.8) is 0 Å². The van der Waals surface area contributed by atoms with Crippen LogP contribution in [0.15, 0.2) is 53.2 Å². The third-order valence-corrected chi connectivity index (χ3v) is 4.48. The molecule has 1 aliphatic heterocycles. The Balaban J connectivity index is 1.51. The van der Waals surface area contributed by atoms with Gasteiger partial charge in [0.05, 0.1) is 5.54 Å². The summed E-state index contributed by atoms with van der Waals surface area (Å²) in [7, 11) is 0. The summed E-state index contributed by atoms with van der Waals surface area (Å²) in [5.41, 5.74) is 0.558. The quantitative estimate of drug-likeness (QED) is 0.778. The van der Waals surface area contributed by atoms with Crippen LogP contribution in [0.3, 0.4) is 0 Å². The summed E-state index contributed by atoms with van der Waals surface area (Å²) in [4.78, 5) is 8.90. The lowest BCUT2D eigenvalue weighted by atomic mass is 9.91. The Bertz CT molecular complexity index is 824. The molecule has 4 rings (SSSR count). The van der Waals surface area contributed by atoms with E-state index in [-0.39, 0.29) is 5.54 Å². The van der Waals surface area contributed by atoms with Gasteiger partial charge in [0.1, 0.15) is 5.75 Å². The molecule has 1 N–H and O–H groups in total. The number of para-hydroxylation sites is 1. The molecular weight excluding hydrogens is 316 g/mol. The molecule has 1 fully saturated rings. The first kappa shape index (κ1) is 15.8. The highest BCUT2D eigenvalue weighted by molar-refractivity contribution is 5.53. The summed E-state index contributed by atoms with van der Waals surface area (Å²) in [5, 5.41) is 7.59. The number of rotatable bonds is 4. The van der Waals surface area contributed by atoms with E-state index in [1.807, 2.05) is 36.4 Å². The molecule has 6 nitrogen and oxygen atoms in total. The maximum Gasteiger partial charge on any atom is 0.246 e. The Hall–Kier alpha value is -2.73. The summed E-state index contributed by atoms with van der Waals surface area (Å²) in [6.07, 6.45) is 5.04. The minimum atomic E-state index is -0.243. The van der Waals surface area contributed by atoms with Crippen LogP contribution in [0.5, 0.6) is 11.6 Å². The Labute approximate surface area is 146 Å². The average molecular weight is 336 g/mol. The molecule has 0 bridgehead atoms. The van der Waals surface area contributed by atoms with Gasteiger partial charge in [-0.05, 0) is 50.9 Å². The highest BCUT2D eigenvalue weighted by Crippen LogP contribution is 2.30. The van der Waals surface area contributed by atoms with Gasteiger partial charge in [-0.1, -0.05) is 23.4 Å². The van der Waals surface area contributed by atoms with E-state index in [4.69, 9.17) is 9.26 Å². The topological polar surface area (TPSA) is 73.1 Å². The van der Waals surface area contributed by atoms with Gasteiger partial charge in [0.15, 0.2) is 0 Å². The summed E-state index contributed by atoms with van der Waals surface area (Å²) in [5.74, 6) is 2.45. The van der Waals surface area contributed by atoms with Crippen LogP contribution >= 0.6 is 0 Å². The van der Waals surface area contributed by atoms with Gasteiger partial charge in [0.2, 0.25) is 17.6 Å². The normalized spacial score (nSPS) is 20.4. The van der Waals surface area contributed by atoms with Crippen molar-refractivity contribution >= 4 is 0 Å².